The van der Waals surface area contributed by atoms with Crippen LogP contribution in [-0.4, -0.2) is 35.8 Å². The van der Waals surface area contributed by atoms with Crippen LogP contribution in [0.15, 0.2) is 179 Å². The molecule has 22 nitrogen and oxygen atoms in total. The van der Waals surface area contributed by atoms with Crippen LogP contribution >= 0.6 is 0 Å². The molecule has 7 heterocycles. The smallest absolute Gasteiger partial charge is 0.191 e. The molecule has 5 aromatic carbocycles. The highest BCUT2D eigenvalue weighted by Gasteiger charge is 2.50. The van der Waals surface area contributed by atoms with E-state index in [0.29, 0.717) is 68.3 Å². The maximum Gasteiger partial charge on any atom is 0.191 e. The van der Waals surface area contributed by atoms with Crippen molar-refractivity contribution in [3.05, 3.63) is 205 Å². The van der Waals surface area contributed by atoms with Gasteiger partial charge in [0.25, 0.3) is 0 Å². The predicted octanol–water partition coefficient (Wildman–Crippen LogP) is 2.60. The van der Waals surface area contributed by atoms with Gasteiger partial charge in [-0.15, -0.1) is 0 Å². The van der Waals surface area contributed by atoms with E-state index in [4.69, 9.17) is 87.8 Å². The number of rotatable bonds is 6. The fourth-order valence-corrected chi connectivity index (χ4v) is 10.9. The minimum atomic E-state index is -1.08. The molecule has 7 aliphatic heterocycles. The number of benzene rings is 5. The average Bonchev–Trinajstić information content (AvgIpc) is 3.64. The van der Waals surface area contributed by atoms with E-state index in [2.05, 4.69) is 36.0 Å². The first kappa shape index (κ1) is 47.9. The van der Waals surface area contributed by atoms with E-state index < -0.39 is 23.2 Å². The summed E-state index contributed by atoms with van der Waals surface area (Å²) in [6, 6.07) is 28.9. The molecule has 0 aromatic heterocycles. The van der Waals surface area contributed by atoms with E-state index in [-0.39, 0.29) is 62.2 Å². The van der Waals surface area contributed by atoms with Crippen LogP contribution in [0.25, 0.3) is 0 Å². The van der Waals surface area contributed by atoms with Gasteiger partial charge in [-0.1, -0.05) is 54.6 Å². The molecular weight excluding hydrogens is 965 g/mol. The first-order valence-electron chi connectivity index (χ1n) is 23.9. The van der Waals surface area contributed by atoms with Gasteiger partial charge in [0.2, 0.25) is 0 Å². The van der Waals surface area contributed by atoms with Crippen molar-refractivity contribution in [2.24, 2.45) is 98.8 Å². The molecule has 0 saturated heterocycles. The second kappa shape index (κ2) is 18.6. The van der Waals surface area contributed by atoms with Crippen LogP contribution in [0.4, 0.5) is 11.4 Å². The number of guanidine groups is 6. The van der Waals surface area contributed by atoms with Crippen LogP contribution in [0.1, 0.15) is 73.4 Å². The largest absolute Gasteiger partial charge is 0.489 e. The summed E-state index contributed by atoms with van der Waals surface area (Å²) in [5, 5.41) is 0. The first-order chi connectivity index (χ1) is 36.5. The van der Waals surface area contributed by atoms with Crippen molar-refractivity contribution < 1.29 is 18.9 Å². The number of hydrogen-bond donors (Lipinski definition) is 12. The van der Waals surface area contributed by atoms with Crippen molar-refractivity contribution in [1.82, 2.24) is 0 Å². The number of nitrogens with two attached hydrogens (primary N) is 12. The van der Waals surface area contributed by atoms with E-state index in [1.165, 1.54) is 0 Å². The molecule has 0 radical (unpaired) electrons. The molecule has 1 spiro atoms. The molecule has 18 bridgehead atoms. The zero-order valence-electron chi connectivity index (χ0n) is 40.8. The van der Waals surface area contributed by atoms with Crippen LogP contribution in [0, 0.1) is 0 Å². The van der Waals surface area contributed by atoms with E-state index in [1.807, 2.05) is 109 Å². The van der Waals surface area contributed by atoms with Gasteiger partial charge in [-0.3, -0.25) is 0 Å². The monoisotopic (exact) mass is 1020 g/mol. The lowest BCUT2D eigenvalue weighted by molar-refractivity contribution is 0.211. The van der Waals surface area contributed by atoms with Crippen molar-refractivity contribution in [2.75, 3.05) is 0 Å². The summed E-state index contributed by atoms with van der Waals surface area (Å²) >= 11 is 0. The molecule has 0 fully saturated rings. The molecule has 19 rings (SSSR count). The van der Waals surface area contributed by atoms with E-state index in [9.17, 15) is 0 Å². The van der Waals surface area contributed by atoms with Gasteiger partial charge < -0.3 is 87.8 Å². The van der Waals surface area contributed by atoms with Gasteiger partial charge in [0.1, 0.15) is 49.4 Å². The molecule has 4 atom stereocenters. The molecule has 22 heteroatoms. The van der Waals surface area contributed by atoms with Crippen molar-refractivity contribution in [2.45, 2.75) is 49.6 Å². The highest BCUT2D eigenvalue weighted by Crippen LogP contribution is 2.60. The Balaban J connectivity index is 1.02. The number of hydrogen-bond acceptors (Lipinski definition) is 10. The molecule has 384 valence electrons. The van der Waals surface area contributed by atoms with Crippen LogP contribution in [0.2, 0.25) is 0 Å². The summed E-state index contributed by atoms with van der Waals surface area (Å²) in [5.41, 5.74) is 83.6. The van der Waals surface area contributed by atoms with Gasteiger partial charge in [0.05, 0.1) is 57.3 Å². The maximum absolute atomic E-state index is 6.58. The molecule has 76 heavy (non-hydrogen) atoms. The Bertz CT molecular complexity index is 3650. The van der Waals surface area contributed by atoms with Crippen LogP contribution in [-0.2, 0) is 36.6 Å². The normalized spacial score (nSPS) is 20.1. The lowest BCUT2D eigenvalue weighted by Crippen LogP contribution is -2.39. The van der Waals surface area contributed by atoms with Crippen molar-refractivity contribution >= 4 is 47.1 Å². The lowest BCUT2D eigenvalue weighted by Gasteiger charge is -2.44. The van der Waals surface area contributed by atoms with Crippen LogP contribution in [0.3, 0.4) is 0 Å². The van der Waals surface area contributed by atoms with Gasteiger partial charge in [-0.2, -0.15) is 0 Å². The van der Waals surface area contributed by atoms with Gasteiger partial charge in [0.15, 0.2) is 35.8 Å². The fourth-order valence-electron chi connectivity index (χ4n) is 10.9. The topological polar surface area (TPSA) is 423 Å². The number of ether oxygens (including phenoxy) is 4. The molecule has 7 aliphatic carbocycles. The van der Waals surface area contributed by atoms with Crippen molar-refractivity contribution in [1.29, 1.82) is 0 Å². The summed E-state index contributed by atoms with van der Waals surface area (Å²) in [7, 11) is 0. The van der Waals surface area contributed by atoms with Gasteiger partial charge >= 0.3 is 0 Å². The zero-order chi connectivity index (χ0) is 53.2. The highest BCUT2D eigenvalue weighted by atomic mass is 16.5. The van der Waals surface area contributed by atoms with Gasteiger partial charge in [0, 0.05) is 11.1 Å². The summed E-state index contributed by atoms with van der Waals surface area (Å²) in [6.07, 6.45) is 7.84. The third kappa shape index (κ3) is 8.67. The first-order valence-corrected chi connectivity index (χ1v) is 23.9. The third-order valence-electron chi connectivity index (χ3n) is 13.8. The van der Waals surface area contributed by atoms with Crippen molar-refractivity contribution in [3.63, 3.8) is 0 Å². The molecular formula is C54H54N18O4. The summed E-state index contributed by atoms with van der Waals surface area (Å²) in [4.78, 5) is 27.5. The highest BCUT2D eigenvalue weighted by molar-refractivity contribution is 5.84. The molecule has 5 aromatic rings. The van der Waals surface area contributed by atoms with Gasteiger partial charge in [-0.05, 0) is 111 Å². The fraction of sp³-hybridized carbons (Fsp3) is 0.148. The minimum absolute atomic E-state index is 0.0795. The van der Waals surface area contributed by atoms with E-state index in [1.54, 1.807) is 0 Å². The number of allylic oxidation sites excluding steroid dienone is 6. The Labute approximate surface area is 435 Å². The number of fused-ring (bicyclic) bond motifs is 1. The van der Waals surface area contributed by atoms with Crippen molar-refractivity contribution in [3.8, 4) is 17.2 Å². The number of nitrogens with zero attached hydrogens (tertiary/aromatic N) is 6. The Morgan fingerprint density at radius 3 is 1.39 bits per heavy atom. The lowest BCUT2D eigenvalue weighted by atomic mass is 9.60. The standard InChI is InChI=1S/C54H54N18O4/c55-48(56)67-39-14-25-2-3-26(39)22-75-30-6-9-34-37(17-30)43-33-8-5-29(16-36(33)42(34)44(69-50(59)60)45(43)70-51(61)62)73-20-24-1-4-27(40(13-24)68-49(57)58)23-76-32-11-12-54-19-28(15-32)41(35-10-7-31(74-21-25)18-38(35)54)46(71-52(63)64)47(54)72-53(65)66/h1-19,41-43H,20-23H2,(H4,55,56,67)(H4,57,58,68)(H4,59,60,69)(H4,61,62,70)(H4,63,64,71)(H4,65,66,72). The Morgan fingerprint density at radius 2 is 0.882 bits per heavy atom. The molecule has 4 unspecified atom stereocenters. The number of aliphatic imine (C=N–C) groups is 6. The summed E-state index contributed by atoms with van der Waals surface area (Å²) in [5.74, 6) is -0.172. The van der Waals surface area contributed by atoms with Gasteiger partial charge in [-0.25, -0.2) is 30.0 Å². The molecule has 0 saturated carbocycles. The Kier molecular flexibility index (Phi) is 11.7. The molecule has 24 N–H and O–H groups in total. The van der Waals surface area contributed by atoms with E-state index >= 15 is 0 Å². The Morgan fingerprint density at radius 1 is 0.421 bits per heavy atom. The third-order valence-corrected chi connectivity index (χ3v) is 13.8. The SMILES string of the molecule is NC(N)=NC1=C(N=C(N)N)C23C=CC4=CC(=C2)C1c1ccc(cc13)OCc1ccc(c(N=C(N)N)c1)COc1ccc2c(c1)C1C(N=C(N)N)=C(N=C(N)N)C2c2cc(ccc21)OCc1ccc(c(N=C(N)N)c1)CO4. The van der Waals surface area contributed by atoms with Crippen LogP contribution < -0.4 is 83.0 Å². The zero-order valence-corrected chi connectivity index (χ0v) is 40.8. The predicted molar refractivity (Wildman–Crippen MR) is 292 cm³/mol. The summed E-state index contributed by atoms with van der Waals surface area (Å²) in [6.45, 7) is 0.490. The minimum Gasteiger partial charge on any atom is -0.489 e. The van der Waals surface area contributed by atoms with E-state index in [0.717, 1.165) is 50.1 Å². The second-order valence-corrected chi connectivity index (χ2v) is 18.8. The summed E-state index contributed by atoms with van der Waals surface area (Å²) < 4.78 is 26.1. The quantitative estimate of drug-likeness (QED) is 0.0859. The van der Waals surface area contributed by atoms with Crippen LogP contribution in [0.5, 0.6) is 17.2 Å². The Hall–Kier alpha value is -10.4. The molecule has 0 amide bonds. The molecule has 14 aliphatic rings. The second-order valence-electron chi connectivity index (χ2n) is 18.8. The average molecular weight is 1020 g/mol. The maximum atomic E-state index is 6.58.